The van der Waals surface area contributed by atoms with Crippen LogP contribution >= 0.6 is 0 Å². The van der Waals surface area contributed by atoms with Gasteiger partial charge in [0.25, 0.3) is 5.91 Å². The van der Waals surface area contributed by atoms with Crippen molar-refractivity contribution in [1.29, 1.82) is 0 Å². The molecular formula is C19H19FN6O2. The van der Waals surface area contributed by atoms with E-state index in [1.165, 1.54) is 30.5 Å². The largest absolute Gasteiger partial charge is 0.439 e. The maximum Gasteiger partial charge on any atom is 0.250 e. The number of carbonyl (C=O) groups excluding carboxylic acids is 1. The van der Waals surface area contributed by atoms with Crippen LogP contribution in [0.3, 0.4) is 0 Å². The number of aryl methyl sites for hydroxylation is 2. The van der Waals surface area contributed by atoms with Gasteiger partial charge in [-0.3, -0.25) is 14.4 Å². The van der Waals surface area contributed by atoms with Crippen molar-refractivity contribution < 1.29 is 13.9 Å². The van der Waals surface area contributed by atoms with Crippen LogP contribution in [0.4, 0.5) is 16.2 Å². The van der Waals surface area contributed by atoms with E-state index in [1.807, 2.05) is 20.0 Å². The number of hydrogen-bond acceptors (Lipinski definition) is 6. The molecule has 1 aliphatic rings. The minimum atomic E-state index is -0.434. The quantitative estimate of drug-likeness (QED) is 0.730. The minimum absolute atomic E-state index is 0.0588. The zero-order valence-electron chi connectivity index (χ0n) is 15.5. The molecule has 3 heterocycles. The van der Waals surface area contributed by atoms with Crippen molar-refractivity contribution in [2.75, 3.05) is 16.8 Å². The number of nitrogens with zero attached hydrogens (tertiary/aromatic N) is 5. The molecule has 1 atom stereocenters. The molecule has 1 N–H and O–H groups in total. The van der Waals surface area contributed by atoms with Gasteiger partial charge in [0.1, 0.15) is 23.4 Å². The van der Waals surface area contributed by atoms with Gasteiger partial charge in [-0.1, -0.05) is 0 Å². The van der Waals surface area contributed by atoms with Gasteiger partial charge in [-0.05, 0) is 37.6 Å². The summed E-state index contributed by atoms with van der Waals surface area (Å²) in [4.78, 5) is 22.9. The number of benzene rings is 1. The first-order valence-electron chi connectivity index (χ1n) is 8.84. The Morgan fingerprint density at radius 2 is 2.04 bits per heavy atom. The highest BCUT2D eigenvalue weighted by molar-refractivity contribution is 6.00. The summed E-state index contributed by atoms with van der Waals surface area (Å²) in [6.07, 6.45) is 2.16. The Bertz CT molecular complexity index is 1000. The third-order valence-electron chi connectivity index (χ3n) is 4.43. The summed E-state index contributed by atoms with van der Waals surface area (Å²) in [6, 6.07) is 8.68. The predicted octanol–water partition coefficient (Wildman–Crippen LogP) is 2.67. The summed E-state index contributed by atoms with van der Waals surface area (Å²) >= 11 is 0. The number of ether oxygens (including phenoxy) is 1. The fourth-order valence-corrected chi connectivity index (χ4v) is 3.14. The van der Waals surface area contributed by atoms with Crippen LogP contribution in [-0.4, -0.2) is 38.2 Å². The Kier molecular flexibility index (Phi) is 4.64. The SMILES string of the molecule is Cc1cc(N2CCC(Nc3nccc(Oc4ccc(F)cc4)n3)C2=O)n(C)n1. The second kappa shape index (κ2) is 7.26. The lowest BCUT2D eigenvalue weighted by Gasteiger charge is -2.17. The summed E-state index contributed by atoms with van der Waals surface area (Å²) in [5.41, 5.74) is 0.857. The molecule has 1 unspecified atom stereocenters. The van der Waals surface area contributed by atoms with Gasteiger partial charge in [0, 0.05) is 31.9 Å². The zero-order valence-corrected chi connectivity index (χ0v) is 15.5. The molecule has 0 aliphatic carbocycles. The molecule has 1 aromatic carbocycles. The zero-order chi connectivity index (χ0) is 19.7. The number of nitrogens with one attached hydrogen (secondary N) is 1. The lowest BCUT2D eigenvalue weighted by Crippen LogP contribution is -2.34. The highest BCUT2D eigenvalue weighted by atomic mass is 19.1. The molecule has 2 aromatic heterocycles. The average molecular weight is 382 g/mol. The number of rotatable bonds is 5. The van der Waals surface area contributed by atoms with E-state index in [9.17, 15) is 9.18 Å². The molecule has 1 amide bonds. The van der Waals surface area contributed by atoms with Crippen LogP contribution in [0, 0.1) is 12.7 Å². The summed E-state index contributed by atoms with van der Waals surface area (Å²) < 4.78 is 20.3. The molecule has 8 nitrogen and oxygen atoms in total. The first kappa shape index (κ1) is 17.9. The maximum atomic E-state index is 13.0. The highest BCUT2D eigenvalue weighted by Crippen LogP contribution is 2.24. The van der Waals surface area contributed by atoms with Crippen molar-refractivity contribution in [3.63, 3.8) is 0 Å². The maximum absolute atomic E-state index is 13.0. The van der Waals surface area contributed by atoms with Crippen molar-refractivity contribution in [3.8, 4) is 11.6 Å². The smallest absolute Gasteiger partial charge is 0.250 e. The van der Waals surface area contributed by atoms with Crippen LogP contribution in [0.25, 0.3) is 0 Å². The third kappa shape index (κ3) is 3.64. The molecule has 3 aromatic rings. The molecule has 0 saturated carbocycles. The van der Waals surface area contributed by atoms with E-state index in [2.05, 4.69) is 20.4 Å². The van der Waals surface area contributed by atoms with Crippen LogP contribution in [0.2, 0.25) is 0 Å². The number of hydrogen-bond donors (Lipinski definition) is 1. The monoisotopic (exact) mass is 382 g/mol. The second-order valence-corrected chi connectivity index (χ2v) is 6.52. The van der Waals surface area contributed by atoms with Gasteiger partial charge in [-0.15, -0.1) is 0 Å². The Labute approximate surface area is 161 Å². The minimum Gasteiger partial charge on any atom is -0.439 e. The third-order valence-corrected chi connectivity index (χ3v) is 4.43. The van der Waals surface area contributed by atoms with Gasteiger partial charge < -0.3 is 10.1 Å². The Balaban J connectivity index is 1.45. The standard InChI is InChI=1S/C19H19FN6O2/c1-12-11-17(25(2)24-12)26-10-8-15(18(26)27)22-19-21-9-7-16(23-19)28-14-5-3-13(20)4-6-14/h3-7,9,11,15H,8,10H2,1-2H3,(H,21,22,23). The number of amides is 1. The van der Waals surface area contributed by atoms with Gasteiger partial charge in [0.2, 0.25) is 11.8 Å². The summed E-state index contributed by atoms with van der Waals surface area (Å²) in [6.45, 7) is 2.47. The average Bonchev–Trinajstić information content (AvgIpc) is 3.19. The van der Waals surface area contributed by atoms with Crippen molar-refractivity contribution in [3.05, 3.63) is 54.1 Å². The fourth-order valence-electron chi connectivity index (χ4n) is 3.14. The van der Waals surface area contributed by atoms with Crippen LogP contribution in [0.15, 0.2) is 42.6 Å². The molecule has 1 aliphatic heterocycles. The Hall–Kier alpha value is -3.49. The molecule has 0 spiro atoms. The van der Waals surface area contributed by atoms with Crippen LogP contribution in [0.5, 0.6) is 11.6 Å². The Morgan fingerprint density at radius 1 is 1.25 bits per heavy atom. The normalized spacial score (nSPS) is 16.5. The van der Waals surface area contributed by atoms with Crippen molar-refractivity contribution >= 4 is 17.7 Å². The predicted molar refractivity (Wildman–Crippen MR) is 101 cm³/mol. The van der Waals surface area contributed by atoms with Gasteiger partial charge in [0.05, 0.1) is 5.69 Å². The van der Waals surface area contributed by atoms with E-state index in [0.717, 1.165) is 11.5 Å². The highest BCUT2D eigenvalue weighted by Gasteiger charge is 2.34. The summed E-state index contributed by atoms with van der Waals surface area (Å²) in [7, 11) is 1.82. The molecular weight excluding hydrogens is 363 g/mol. The van der Waals surface area contributed by atoms with E-state index in [0.29, 0.717) is 30.5 Å². The first-order chi connectivity index (χ1) is 13.5. The lowest BCUT2D eigenvalue weighted by atomic mass is 10.2. The molecule has 0 radical (unpaired) electrons. The van der Waals surface area contributed by atoms with Gasteiger partial charge >= 0.3 is 0 Å². The van der Waals surface area contributed by atoms with Gasteiger partial charge in [-0.25, -0.2) is 9.37 Å². The molecule has 1 fully saturated rings. The Morgan fingerprint density at radius 3 is 2.75 bits per heavy atom. The van der Waals surface area contributed by atoms with E-state index in [4.69, 9.17) is 4.74 Å². The number of aromatic nitrogens is 4. The van der Waals surface area contributed by atoms with Crippen LogP contribution < -0.4 is 15.0 Å². The summed E-state index contributed by atoms with van der Waals surface area (Å²) in [5, 5.41) is 7.36. The number of anilines is 2. The fraction of sp³-hybridized carbons (Fsp3) is 0.263. The topological polar surface area (TPSA) is 85.2 Å². The van der Waals surface area contributed by atoms with Crippen molar-refractivity contribution in [1.82, 2.24) is 19.7 Å². The van der Waals surface area contributed by atoms with Crippen molar-refractivity contribution in [2.45, 2.75) is 19.4 Å². The van der Waals surface area contributed by atoms with Gasteiger partial charge in [-0.2, -0.15) is 10.1 Å². The molecule has 144 valence electrons. The van der Waals surface area contributed by atoms with E-state index in [1.54, 1.807) is 15.6 Å². The van der Waals surface area contributed by atoms with E-state index >= 15 is 0 Å². The van der Waals surface area contributed by atoms with Crippen LogP contribution in [0.1, 0.15) is 12.1 Å². The number of halogens is 1. The van der Waals surface area contributed by atoms with E-state index < -0.39 is 6.04 Å². The molecule has 28 heavy (non-hydrogen) atoms. The van der Waals surface area contributed by atoms with Crippen molar-refractivity contribution in [2.24, 2.45) is 7.05 Å². The van der Waals surface area contributed by atoms with E-state index in [-0.39, 0.29) is 11.7 Å². The molecule has 1 saturated heterocycles. The number of carbonyl (C=O) groups is 1. The second-order valence-electron chi connectivity index (χ2n) is 6.52. The van der Waals surface area contributed by atoms with Crippen LogP contribution in [-0.2, 0) is 11.8 Å². The summed E-state index contributed by atoms with van der Waals surface area (Å²) in [5.74, 6) is 1.42. The first-order valence-corrected chi connectivity index (χ1v) is 8.84. The molecule has 9 heteroatoms. The lowest BCUT2D eigenvalue weighted by molar-refractivity contribution is -0.117. The molecule has 0 bridgehead atoms. The van der Waals surface area contributed by atoms with Gasteiger partial charge in [0.15, 0.2) is 0 Å². The molecule has 4 rings (SSSR count).